The summed E-state index contributed by atoms with van der Waals surface area (Å²) in [6.07, 6.45) is 6.91. The summed E-state index contributed by atoms with van der Waals surface area (Å²) < 4.78 is 0. The predicted molar refractivity (Wildman–Crippen MR) is 80.1 cm³/mol. The molecule has 0 N–H and O–H groups in total. The molecule has 98 valence electrons. The normalized spacial score (nSPS) is 22.9. The first-order valence-electron chi connectivity index (χ1n) is 7.16. The Labute approximate surface area is 119 Å². The second-order valence-corrected chi connectivity index (χ2v) is 6.63. The van der Waals surface area contributed by atoms with Gasteiger partial charge in [0.15, 0.2) is 0 Å². The molecular formula is C16H22BrN. The number of rotatable bonds is 3. The standard InChI is InChI=1S/C16H22BrN/c17-12-16(8-3-4-9-16)13-18-10-7-14-5-1-2-6-15(14)11-18/h1-2,5-6H,3-4,7-13H2. The molecular weight excluding hydrogens is 286 g/mol. The van der Waals surface area contributed by atoms with Crippen molar-refractivity contribution >= 4 is 15.9 Å². The van der Waals surface area contributed by atoms with Gasteiger partial charge in [-0.15, -0.1) is 0 Å². The van der Waals surface area contributed by atoms with Crippen LogP contribution in [0, 0.1) is 5.41 Å². The van der Waals surface area contributed by atoms with Crippen molar-refractivity contribution in [3.63, 3.8) is 0 Å². The maximum absolute atomic E-state index is 3.77. The molecule has 0 atom stereocenters. The molecule has 1 nitrogen and oxygen atoms in total. The van der Waals surface area contributed by atoms with Gasteiger partial charge in [0, 0.05) is 25.0 Å². The summed E-state index contributed by atoms with van der Waals surface area (Å²) in [7, 11) is 0. The van der Waals surface area contributed by atoms with Gasteiger partial charge in [-0.3, -0.25) is 4.90 Å². The van der Waals surface area contributed by atoms with Gasteiger partial charge in [0.2, 0.25) is 0 Å². The summed E-state index contributed by atoms with van der Waals surface area (Å²) in [5, 5.41) is 1.18. The molecule has 2 heteroatoms. The van der Waals surface area contributed by atoms with E-state index in [2.05, 4.69) is 45.1 Å². The molecule has 0 aromatic heterocycles. The monoisotopic (exact) mass is 307 g/mol. The molecule has 1 aliphatic heterocycles. The van der Waals surface area contributed by atoms with Crippen molar-refractivity contribution < 1.29 is 0 Å². The summed E-state index contributed by atoms with van der Waals surface area (Å²) in [6.45, 7) is 3.68. The Morgan fingerprint density at radius 2 is 1.83 bits per heavy atom. The Bertz CT molecular complexity index is 409. The van der Waals surface area contributed by atoms with E-state index in [9.17, 15) is 0 Å². The first kappa shape index (κ1) is 12.7. The van der Waals surface area contributed by atoms with Crippen LogP contribution in [0.25, 0.3) is 0 Å². The molecule has 1 heterocycles. The largest absolute Gasteiger partial charge is 0.298 e. The van der Waals surface area contributed by atoms with Crippen LogP contribution in [0.4, 0.5) is 0 Å². The number of nitrogens with zero attached hydrogens (tertiary/aromatic N) is 1. The fourth-order valence-corrected chi connectivity index (χ4v) is 4.36. The van der Waals surface area contributed by atoms with Crippen molar-refractivity contribution in [2.45, 2.75) is 38.6 Å². The van der Waals surface area contributed by atoms with Crippen LogP contribution in [-0.4, -0.2) is 23.3 Å². The van der Waals surface area contributed by atoms with E-state index in [0.29, 0.717) is 5.41 Å². The molecule has 1 aliphatic carbocycles. The van der Waals surface area contributed by atoms with Crippen LogP contribution in [0.5, 0.6) is 0 Å². The van der Waals surface area contributed by atoms with Crippen molar-refractivity contribution in [1.82, 2.24) is 4.90 Å². The highest BCUT2D eigenvalue weighted by Crippen LogP contribution is 2.40. The molecule has 1 aromatic carbocycles. The molecule has 0 spiro atoms. The van der Waals surface area contributed by atoms with E-state index in [4.69, 9.17) is 0 Å². The molecule has 0 amide bonds. The summed E-state index contributed by atoms with van der Waals surface area (Å²) in [6, 6.07) is 8.95. The molecule has 18 heavy (non-hydrogen) atoms. The average molecular weight is 308 g/mol. The molecule has 1 saturated carbocycles. The van der Waals surface area contributed by atoms with Gasteiger partial charge in [-0.25, -0.2) is 0 Å². The quantitative estimate of drug-likeness (QED) is 0.763. The lowest BCUT2D eigenvalue weighted by Crippen LogP contribution is -2.40. The van der Waals surface area contributed by atoms with E-state index in [-0.39, 0.29) is 0 Å². The van der Waals surface area contributed by atoms with E-state index in [0.717, 1.165) is 6.54 Å². The van der Waals surface area contributed by atoms with E-state index >= 15 is 0 Å². The third-order valence-corrected chi connectivity index (χ3v) is 5.91. The van der Waals surface area contributed by atoms with Crippen molar-refractivity contribution in [3.8, 4) is 0 Å². The number of fused-ring (bicyclic) bond motifs is 1. The zero-order valence-corrected chi connectivity index (χ0v) is 12.6. The van der Waals surface area contributed by atoms with E-state index < -0.39 is 0 Å². The highest BCUT2D eigenvalue weighted by Gasteiger charge is 2.35. The van der Waals surface area contributed by atoms with Crippen molar-refractivity contribution in [2.24, 2.45) is 5.41 Å². The SMILES string of the molecule is BrCC1(CN2CCc3ccccc3C2)CCCC1. The van der Waals surface area contributed by atoms with Gasteiger partial charge in [0.25, 0.3) is 0 Å². The highest BCUT2D eigenvalue weighted by atomic mass is 79.9. The molecule has 0 radical (unpaired) electrons. The van der Waals surface area contributed by atoms with Gasteiger partial charge in [0.05, 0.1) is 0 Å². The number of halogens is 1. The van der Waals surface area contributed by atoms with E-state index in [1.54, 1.807) is 11.1 Å². The minimum absolute atomic E-state index is 0.562. The average Bonchev–Trinajstić information content (AvgIpc) is 2.88. The van der Waals surface area contributed by atoms with Crippen molar-refractivity contribution in [2.75, 3.05) is 18.4 Å². The van der Waals surface area contributed by atoms with Gasteiger partial charge in [-0.1, -0.05) is 53.0 Å². The molecule has 1 fully saturated rings. The highest BCUT2D eigenvalue weighted by molar-refractivity contribution is 9.09. The van der Waals surface area contributed by atoms with E-state index in [1.807, 2.05) is 0 Å². The molecule has 0 unspecified atom stereocenters. The summed E-state index contributed by atoms with van der Waals surface area (Å²) in [4.78, 5) is 2.68. The Morgan fingerprint density at radius 3 is 2.56 bits per heavy atom. The Kier molecular flexibility index (Phi) is 3.76. The van der Waals surface area contributed by atoms with Crippen LogP contribution in [0.2, 0.25) is 0 Å². The molecule has 2 aliphatic rings. The fourth-order valence-electron chi connectivity index (χ4n) is 3.62. The Morgan fingerprint density at radius 1 is 1.11 bits per heavy atom. The summed E-state index contributed by atoms with van der Waals surface area (Å²) in [5.41, 5.74) is 3.67. The number of benzene rings is 1. The summed E-state index contributed by atoms with van der Waals surface area (Å²) >= 11 is 3.77. The van der Waals surface area contributed by atoms with Crippen molar-refractivity contribution in [3.05, 3.63) is 35.4 Å². The zero-order valence-electron chi connectivity index (χ0n) is 11.0. The third kappa shape index (κ3) is 2.50. The maximum atomic E-state index is 3.77. The lowest BCUT2D eigenvalue weighted by atomic mass is 9.87. The second kappa shape index (κ2) is 5.34. The molecule has 0 saturated heterocycles. The zero-order chi connectivity index (χ0) is 12.4. The minimum Gasteiger partial charge on any atom is -0.298 e. The maximum Gasteiger partial charge on any atom is 0.0236 e. The first-order chi connectivity index (χ1) is 8.81. The third-order valence-electron chi connectivity index (χ3n) is 4.72. The van der Waals surface area contributed by atoms with Crippen LogP contribution in [0.1, 0.15) is 36.8 Å². The lowest BCUT2D eigenvalue weighted by Gasteiger charge is -2.36. The van der Waals surface area contributed by atoms with Crippen LogP contribution < -0.4 is 0 Å². The topological polar surface area (TPSA) is 3.24 Å². The Hall–Kier alpha value is -0.340. The number of hydrogen-bond acceptors (Lipinski definition) is 1. The van der Waals surface area contributed by atoms with Crippen LogP contribution in [-0.2, 0) is 13.0 Å². The lowest BCUT2D eigenvalue weighted by molar-refractivity contribution is 0.159. The van der Waals surface area contributed by atoms with Crippen LogP contribution in [0.3, 0.4) is 0 Å². The minimum atomic E-state index is 0.562. The van der Waals surface area contributed by atoms with Gasteiger partial charge >= 0.3 is 0 Å². The number of alkyl halides is 1. The molecule has 1 aromatic rings. The van der Waals surface area contributed by atoms with Gasteiger partial charge in [-0.05, 0) is 35.8 Å². The number of hydrogen-bond donors (Lipinski definition) is 0. The first-order valence-corrected chi connectivity index (χ1v) is 8.29. The van der Waals surface area contributed by atoms with Gasteiger partial charge in [0.1, 0.15) is 0 Å². The summed E-state index contributed by atoms with van der Waals surface area (Å²) in [5.74, 6) is 0. The van der Waals surface area contributed by atoms with Crippen LogP contribution >= 0.6 is 15.9 Å². The second-order valence-electron chi connectivity index (χ2n) is 6.07. The van der Waals surface area contributed by atoms with E-state index in [1.165, 1.54) is 50.5 Å². The predicted octanol–water partition coefficient (Wildman–Crippen LogP) is 4.00. The Balaban J connectivity index is 1.69. The smallest absolute Gasteiger partial charge is 0.0236 e. The fraction of sp³-hybridized carbons (Fsp3) is 0.625. The van der Waals surface area contributed by atoms with Gasteiger partial charge in [-0.2, -0.15) is 0 Å². The molecule has 3 rings (SSSR count). The van der Waals surface area contributed by atoms with Gasteiger partial charge < -0.3 is 0 Å². The van der Waals surface area contributed by atoms with Crippen LogP contribution in [0.15, 0.2) is 24.3 Å². The van der Waals surface area contributed by atoms with Crippen molar-refractivity contribution in [1.29, 1.82) is 0 Å². The molecule has 0 bridgehead atoms.